The van der Waals surface area contributed by atoms with Gasteiger partial charge in [0.1, 0.15) is 18.4 Å². The molecule has 3 rings (SSSR count). The van der Waals surface area contributed by atoms with E-state index in [-0.39, 0.29) is 0 Å². The number of aromatic nitrogens is 3. The molecular formula is C13H11N3O. The fourth-order valence-corrected chi connectivity index (χ4v) is 1.83. The van der Waals surface area contributed by atoms with E-state index in [1.54, 1.807) is 18.9 Å². The van der Waals surface area contributed by atoms with Crippen molar-refractivity contribution in [3.8, 4) is 11.3 Å². The summed E-state index contributed by atoms with van der Waals surface area (Å²) in [5, 5.41) is 7.60. The normalized spacial score (nSPS) is 10.6. The molecule has 0 aliphatic carbocycles. The third kappa shape index (κ3) is 1.97. The van der Waals surface area contributed by atoms with Crippen LogP contribution in [0.1, 0.15) is 5.56 Å². The van der Waals surface area contributed by atoms with Crippen LogP contribution in [0.25, 0.3) is 11.3 Å². The van der Waals surface area contributed by atoms with E-state index in [1.807, 2.05) is 28.8 Å². The Balaban J connectivity index is 1.99. The maximum atomic E-state index is 5.44. The van der Waals surface area contributed by atoms with Gasteiger partial charge in [-0.25, -0.2) is 0 Å². The molecule has 0 N–H and O–H groups in total. The molecule has 0 aliphatic rings. The molecule has 0 fully saturated rings. The molecule has 0 radical (unpaired) electrons. The Bertz CT molecular complexity index is 585. The van der Waals surface area contributed by atoms with Crippen LogP contribution in [0, 0.1) is 0 Å². The van der Waals surface area contributed by atoms with Crippen LogP contribution in [0.4, 0.5) is 0 Å². The van der Waals surface area contributed by atoms with Crippen molar-refractivity contribution in [1.29, 1.82) is 0 Å². The Morgan fingerprint density at radius 1 is 1.00 bits per heavy atom. The molecule has 0 atom stereocenters. The van der Waals surface area contributed by atoms with Crippen molar-refractivity contribution >= 4 is 0 Å². The lowest BCUT2D eigenvalue weighted by Gasteiger charge is -2.07. The molecule has 0 saturated carbocycles. The highest BCUT2D eigenvalue weighted by atomic mass is 16.3. The second-order valence-corrected chi connectivity index (χ2v) is 3.77. The largest absolute Gasteiger partial charge is 0.464 e. The van der Waals surface area contributed by atoms with E-state index in [0.717, 1.165) is 17.9 Å². The molecule has 4 heteroatoms. The van der Waals surface area contributed by atoms with Crippen LogP contribution in [0.2, 0.25) is 0 Å². The zero-order chi connectivity index (χ0) is 11.5. The summed E-state index contributed by atoms with van der Waals surface area (Å²) >= 11 is 0. The van der Waals surface area contributed by atoms with Gasteiger partial charge in [0.25, 0.3) is 0 Å². The SMILES string of the molecule is c1coc(-c2ccccc2Cn2cnnc2)c1. The van der Waals surface area contributed by atoms with Crippen molar-refractivity contribution in [3.63, 3.8) is 0 Å². The Hall–Kier alpha value is -2.36. The van der Waals surface area contributed by atoms with Crippen molar-refractivity contribution < 1.29 is 4.42 Å². The van der Waals surface area contributed by atoms with Crippen molar-refractivity contribution in [2.45, 2.75) is 6.54 Å². The van der Waals surface area contributed by atoms with E-state index in [0.29, 0.717) is 0 Å². The number of nitrogens with zero attached hydrogens (tertiary/aromatic N) is 3. The number of hydrogen-bond donors (Lipinski definition) is 0. The van der Waals surface area contributed by atoms with Gasteiger partial charge < -0.3 is 8.98 Å². The van der Waals surface area contributed by atoms with E-state index < -0.39 is 0 Å². The van der Waals surface area contributed by atoms with Crippen LogP contribution >= 0.6 is 0 Å². The molecule has 4 nitrogen and oxygen atoms in total. The summed E-state index contributed by atoms with van der Waals surface area (Å²) < 4.78 is 7.37. The minimum atomic E-state index is 0.740. The maximum Gasteiger partial charge on any atom is 0.134 e. The zero-order valence-corrected chi connectivity index (χ0v) is 9.15. The molecule has 0 saturated heterocycles. The average molecular weight is 225 g/mol. The molecular weight excluding hydrogens is 214 g/mol. The van der Waals surface area contributed by atoms with Crippen LogP contribution in [0.15, 0.2) is 59.7 Å². The average Bonchev–Trinajstić information content (AvgIpc) is 3.01. The zero-order valence-electron chi connectivity index (χ0n) is 9.15. The van der Waals surface area contributed by atoms with Crippen LogP contribution < -0.4 is 0 Å². The first-order valence-corrected chi connectivity index (χ1v) is 5.38. The standard InChI is InChI=1S/C13H11N3O/c1-2-5-12(13-6-3-7-17-13)11(4-1)8-16-9-14-15-10-16/h1-7,9-10H,8H2. The van der Waals surface area contributed by atoms with E-state index in [4.69, 9.17) is 4.42 Å². The quantitative estimate of drug-likeness (QED) is 0.688. The molecule has 84 valence electrons. The molecule has 0 aliphatic heterocycles. The first-order chi connectivity index (χ1) is 8.43. The van der Waals surface area contributed by atoms with Gasteiger partial charge >= 0.3 is 0 Å². The Morgan fingerprint density at radius 2 is 1.82 bits per heavy atom. The molecule has 0 amide bonds. The highest BCUT2D eigenvalue weighted by Gasteiger charge is 2.07. The van der Waals surface area contributed by atoms with Crippen LogP contribution in [0.3, 0.4) is 0 Å². The molecule has 0 unspecified atom stereocenters. The maximum absolute atomic E-state index is 5.44. The van der Waals surface area contributed by atoms with Crippen LogP contribution in [0.5, 0.6) is 0 Å². The third-order valence-electron chi connectivity index (χ3n) is 2.62. The first-order valence-electron chi connectivity index (χ1n) is 5.38. The molecule has 1 aromatic carbocycles. The van der Waals surface area contributed by atoms with Crippen LogP contribution in [-0.2, 0) is 6.54 Å². The minimum absolute atomic E-state index is 0.740. The van der Waals surface area contributed by atoms with Crippen LogP contribution in [-0.4, -0.2) is 14.8 Å². The van der Waals surface area contributed by atoms with Gasteiger partial charge in [-0.3, -0.25) is 0 Å². The van der Waals surface area contributed by atoms with Gasteiger partial charge in [0, 0.05) is 5.56 Å². The molecule has 0 bridgehead atoms. The monoisotopic (exact) mass is 225 g/mol. The summed E-state index contributed by atoms with van der Waals surface area (Å²) in [4.78, 5) is 0. The van der Waals surface area contributed by atoms with Gasteiger partial charge in [0.2, 0.25) is 0 Å². The summed E-state index contributed by atoms with van der Waals surface area (Å²) in [5.41, 5.74) is 2.29. The van der Waals surface area contributed by atoms with Gasteiger partial charge in [-0.15, -0.1) is 10.2 Å². The summed E-state index contributed by atoms with van der Waals surface area (Å²) in [7, 11) is 0. The Kier molecular flexibility index (Phi) is 2.46. The van der Waals surface area contributed by atoms with E-state index >= 15 is 0 Å². The lowest BCUT2D eigenvalue weighted by Crippen LogP contribution is -1.98. The third-order valence-corrected chi connectivity index (χ3v) is 2.62. The minimum Gasteiger partial charge on any atom is -0.464 e. The molecule has 3 aromatic rings. The highest BCUT2D eigenvalue weighted by molar-refractivity contribution is 5.61. The number of furan rings is 1. The molecule has 17 heavy (non-hydrogen) atoms. The van der Waals surface area contributed by atoms with Gasteiger partial charge in [0.15, 0.2) is 0 Å². The van der Waals surface area contributed by atoms with E-state index in [2.05, 4.69) is 22.3 Å². The van der Waals surface area contributed by atoms with Gasteiger partial charge in [0.05, 0.1) is 12.8 Å². The van der Waals surface area contributed by atoms with Crippen molar-refractivity contribution in [2.24, 2.45) is 0 Å². The van der Waals surface area contributed by atoms with Crippen molar-refractivity contribution in [3.05, 3.63) is 60.9 Å². The van der Waals surface area contributed by atoms with E-state index in [9.17, 15) is 0 Å². The second kappa shape index (κ2) is 4.25. The fraction of sp³-hybridized carbons (Fsp3) is 0.0769. The lowest BCUT2D eigenvalue weighted by molar-refractivity contribution is 0.581. The van der Waals surface area contributed by atoms with Gasteiger partial charge in [-0.2, -0.15) is 0 Å². The smallest absolute Gasteiger partial charge is 0.134 e. The van der Waals surface area contributed by atoms with Gasteiger partial charge in [-0.05, 0) is 17.7 Å². The Morgan fingerprint density at radius 3 is 2.59 bits per heavy atom. The lowest BCUT2D eigenvalue weighted by atomic mass is 10.1. The summed E-state index contributed by atoms with van der Waals surface area (Å²) in [6, 6.07) is 12.0. The second-order valence-electron chi connectivity index (χ2n) is 3.77. The number of hydrogen-bond acceptors (Lipinski definition) is 3. The molecule has 0 spiro atoms. The summed E-state index contributed by atoms with van der Waals surface area (Å²) in [5.74, 6) is 0.883. The van der Waals surface area contributed by atoms with Crippen molar-refractivity contribution in [1.82, 2.24) is 14.8 Å². The van der Waals surface area contributed by atoms with E-state index in [1.165, 1.54) is 5.56 Å². The first kappa shape index (κ1) is 9.84. The molecule has 2 heterocycles. The number of rotatable bonds is 3. The predicted molar refractivity (Wildman–Crippen MR) is 63.3 cm³/mol. The summed E-state index contributed by atoms with van der Waals surface area (Å²) in [6.45, 7) is 0.740. The fourth-order valence-electron chi connectivity index (χ4n) is 1.83. The predicted octanol–water partition coefficient (Wildman–Crippen LogP) is 2.59. The molecule has 2 aromatic heterocycles. The highest BCUT2D eigenvalue weighted by Crippen LogP contribution is 2.24. The summed E-state index contributed by atoms with van der Waals surface area (Å²) in [6.07, 6.45) is 5.10. The Labute approximate surface area is 98.5 Å². The van der Waals surface area contributed by atoms with Gasteiger partial charge in [-0.1, -0.05) is 24.3 Å². The number of benzene rings is 1. The topological polar surface area (TPSA) is 43.9 Å². The van der Waals surface area contributed by atoms with Crippen molar-refractivity contribution in [2.75, 3.05) is 0 Å².